The largest absolute Gasteiger partial charge is 0.463 e. The van der Waals surface area contributed by atoms with Gasteiger partial charge < -0.3 is 10.5 Å². The van der Waals surface area contributed by atoms with Crippen LogP contribution in [0.3, 0.4) is 0 Å². The lowest BCUT2D eigenvalue weighted by Crippen LogP contribution is -2.10. The van der Waals surface area contributed by atoms with Gasteiger partial charge in [-0.05, 0) is 24.5 Å². The number of rotatable bonds is 3. The van der Waals surface area contributed by atoms with Gasteiger partial charge in [0.15, 0.2) is 0 Å². The van der Waals surface area contributed by atoms with Crippen LogP contribution in [0, 0.1) is 0 Å². The third kappa shape index (κ3) is 2.72. The fraction of sp³-hybridized carbons (Fsp3) is 0.364. The molecule has 0 spiro atoms. The highest BCUT2D eigenvalue weighted by atomic mass is 79.9. The van der Waals surface area contributed by atoms with E-state index in [1.807, 2.05) is 12.1 Å². The minimum Gasteiger partial charge on any atom is -0.463 e. The molecular formula is C11H13BrN2O. The minimum atomic E-state index is 0.220. The summed E-state index contributed by atoms with van der Waals surface area (Å²) in [5, 5.41) is 0. The Balaban J connectivity index is 1.91. The number of halogens is 1. The first-order chi connectivity index (χ1) is 7.25. The van der Waals surface area contributed by atoms with Crippen molar-refractivity contribution in [3.05, 3.63) is 34.3 Å². The van der Waals surface area contributed by atoms with Crippen LogP contribution in [0.2, 0.25) is 0 Å². The van der Waals surface area contributed by atoms with Crippen LogP contribution in [0.1, 0.15) is 12.0 Å². The zero-order valence-electron chi connectivity index (χ0n) is 8.32. The predicted molar refractivity (Wildman–Crippen MR) is 63.8 cm³/mol. The monoisotopic (exact) mass is 268 g/mol. The van der Waals surface area contributed by atoms with E-state index in [0.717, 1.165) is 17.3 Å². The molecule has 15 heavy (non-hydrogen) atoms. The standard InChI is InChI=1S/C11H13BrN2O/c12-10-4-2-1-3-8(10)5-6-9-7-15-11(13)14-9/h1-4,9H,5-7H2,(H2,13,14)/t9-/m0/s1. The smallest absolute Gasteiger partial charge is 0.282 e. The first-order valence-electron chi connectivity index (χ1n) is 4.95. The molecule has 0 unspecified atom stereocenters. The van der Waals surface area contributed by atoms with Gasteiger partial charge in [0.1, 0.15) is 6.61 Å². The van der Waals surface area contributed by atoms with Gasteiger partial charge in [0.25, 0.3) is 6.02 Å². The van der Waals surface area contributed by atoms with Crippen LogP contribution in [-0.2, 0) is 11.2 Å². The summed E-state index contributed by atoms with van der Waals surface area (Å²) in [6.07, 6.45) is 1.97. The SMILES string of the molecule is NC1=N[C@@H](CCc2ccccc2Br)CO1. The van der Waals surface area contributed by atoms with Gasteiger partial charge in [0.2, 0.25) is 0 Å². The summed E-state index contributed by atoms with van der Waals surface area (Å²) in [7, 11) is 0. The molecule has 80 valence electrons. The average molecular weight is 269 g/mol. The highest BCUT2D eigenvalue weighted by Crippen LogP contribution is 2.19. The van der Waals surface area contributed by atoms with Gasteiger partial charge in [-0.3, -0.25) is 0 Å². The molecule has 0 fully saturated rings. The van der Waals surface area contributed by atoms with Crippen LogP contribution in [0.4, 0.5) is 0 Å². The Morgan fingerprint density at radius 2 is 2.27 bits per heavy atom. The number of nitrogens with two attached hydrogens (primary N) is 1. The summed E-state index contributed by atoms with van der Waals surface area (Å²) in [6.45, 7) is 0.621. The van der Waals surface area contributed by atoms with Crippen molar-refractivity contribution < 1.29 is 4.74 Å². The number of benzene rings is 1. The molecule has 0 aromatic heterocycles. The molecule has 4 heteroatoms. The first-order valence-corrected chi connectivity index (χ1v) is 5.74. The van der Waals surface area contributed by atoms with Crippen LogP contribution >= 0.6 is 15.9 Å². The molecule has 3 nitrogen and oxygen atoms in total. The van der Waals surface area contributed by atoms with Crippen LogP contribution in [0.25, 0.3) is 0 Å². The average Bonchev–Trinajstić information content (AvgIpc) is 2.63. The number of aliphatic imine (C=N–C) groups is 1. The Bertz CT molecular complexity index is 379. The van der Waals surface area contributed by atoms with Gasteiger partial charge in [0, 0.05) is 4.47 Å². The maximum absolute atomic E-state index is 5.44. The second-order valence-electron chi connectivity index (χ2n) is 3.56. The van der Waals surface area contributed by atoms with E-state index >= 15 is 0 Å². The molecule has 2 N–H and O–H groups in total. The molecule has 0 bridgehead atoms. The molecule has 0 amide bonds. The molecule has 0 saturated carbocycles. The van der Waals surface area contributed by atoms with E-state index in [2.05, 4.69) is 33.1 Å². The zero-order valence-corrected chi connectivity index (χ0v) is 9.90. The van der Waals surface area contributed by atoms with Crippen molar-refractivity contribution in [1.29, 1.82) is 0 Å². The third-order valence-electron chi connectivity index (χ3n) is 2.44. The van der Waals surface area contributed by atoms with E-state index in [1.54, 1.807) is 0 Å². The molecule has 1 aromatic carbocycles. The molecular weight excluding hydrogens is 256 g/mol. The minimum absolute atomic E-state index is 0.220. The molecule has 1 heterocycles. The summed E-state index contributed by atoms with van der Waals surface area (Å²) in [4.78, 5) is 4.19. The molecule has 1 aliphatic heterocycles. The lowest BCUT2D eigenvalue weighted by Gasteiger charge is -2.06. The van der Waals surface area contributed by atoms with E-state index in [1.165, 1.54) is 5.56 Å². The van der Waals surface area contributed by atoms with Gasteiger partial charge in [-0.2, -0.15) is 0 Å². The highest BCUT2D eigenvalue weighted by molar-refractivity contribution is 9.10. The Kier molecular flexibility index (Phi) is 3.26. The van der Waals surface area contributed by atoms with Crippen molar-refractivity contribution in [2.75, 3.05) is 6.61 Å². The van der Waals surface area contributed by atoms with E-state index in [-0.39, 0.29) is 6.04 Å². The summed E-state index contributed by atoms with van der Waals surface area (Å²) in [5.74, 6) is 0. The fourth-order valence-corrected chi connectivity index (χ4v) is 2.09. The summed E-state index contributed by atoms with van der Waals surface area (Å²) >= 11 is 3.53. The molecule has 0 saturated heterocycles. The Morgan fingerprint density at radius 3 is 2.93 bits per heavy atom. The lowest BCUT2D eigenvalue weighted by atomic mass is 10.1. The molecule has 1 aliphatic rings. The van der Waals surface area contributed by atoms with Gasteiger partial charge in [-0.1, -0.05) is 34.1 Å². The quantitative estimate of drug-likeness (QED) is 0.913. The fourth-order valence-electron chi connectivity index (χ4n) is 1.61. The lowest BCUT2D eigenvalue weighted by molar-refractivity contribution is 0.308. The number of hydrogen-bond acceptors (Lipinski definition) is 3. The highest BCUT2D eigenvalue weighted by Gasteiger charge is 2.16. The molecule has 1 aromatic rings. The first kappa shape index (κ1) is 10.5. The van der Waals surface area contributed by atoms with Gasteiger partial charge in [-0.25, -0.2) is 4.99 Å². The van der Waals surface area contributed by atoms with E-state index in [0.29, 0.717) is 12.6 Å². The normalized spacial score (nSPS) is 19.8. The second-order valence-corrected chi connectivity index (χ2v) is 4.42. The van der Waals surface area contributed by atoms with Gasteiger partial charge >= 0.3 is 0 Å². The second kappa shape index (κ2) is 4.66. The van der Waals surface area contributed by atoms with Crippen molar-refractivity contribution in [1.82, 2.24) is 0 Å². The van der Waals surface area contributed by atoms with Crippen LogP contribution in [0.5, 0.6) is 0 Å². The third-order valence-corrected chi connectivity index (χ3v) is 3.21. The number of nitrogens with zero attached hydrogens (tertiary/aromatic N) is 1. The Hall–Kier alpha value is -1.03. The Morgan fingerprint density at radius 1 is 1.47 bits per heavy atom. The topological polar surface area (TPSA) is 47.6 Å². The number of hydrogen-bond donors (Lipinski definition) is 1. The van der Waals surface area contributed by atoms with Gasteiger partial charge in [0.05, 0.1) is 6.04 Å². The summed E-state index contributed by atoms with van der Waals surface area (Å²) in [5.41, 5.74) is 6.75. The van der Waals surface area contributed by atoms with E-state index in [9.17, 15) is 0 Å². The van der Waals surface area contributed by atoms with Crippen LogP contribution in [-0.4, -0.2) is 18.7 Å². The molecule has 1 atom stereocenters. The van der Waals surface area contributed by atoms with Crippen molar-refractivity contribution in [2.24, 2.45) is 10.7 Å². The zero-order chi connectivity index (χ0) is 10.7. The van der Waals surface area contributed by atoms with Crippen molar-refractivity contribution in [3.63, 3.8) is 0 Å². The number of aryl methyl sites for hydroxylation is 1. The predicted octanol–water partition coefficient (Wildman–Crippen LogP) is 2.10. The maximum Gasteiger partial charge on any atom is 0.282 e. The summed E-state index contributed by atoms with van der Waals surface area (Å²) < 4.78 is 6.25. The van der Waals surface area contributed by atoms with Crippen molar-refractivity contribution in [2.45, 2.75) is 18.9 Å². The molecule has 2 rings (SSSR count). The van der Waals surface area contributed by atoms with Gasteiger partial charge in [-0.15, -0.1) is 0 Å². The summed E-state index contributed by atoms with van der Waals surface area (Å²) in [6, 6.07) is 8.78. The molecule has 0 aliphatic carbocycles. The Labute approximate surface area is 97.5 Å². The van der Waals surface area contributed by atoms with Crippen LogP contribution in [0.15, 0.2) is 33.7 Å². The van der Waals surface area contributed by atoms with E-state index in [4.69, 9.17) is 10.5 Å². The molecule has 0 radical (unpaired) electrons. The van der Waals surface area contributed by atoms with E-state index < -0.39 is 0 Å². The number of ether oxygens (including phenoxy) is 1. The van der Waals surface area contributed by atoms with Crippen molar-refractivity contribution in [3.8, 4) is 0 Å². The van der Waals surface area contributed by atoms with Crippen LogP contribution < -0.4 is 5.73 Å². The maximum atomic E-state index is 5.44. The van der Waals surface area contributed by atoms with Crippen molar-refractivity contribution >= 4 is 22.0 Å². The number of amidine groups is 1.